The van der Waals surface area contributed by atoms with E-state index in [4.69, 9.17) is 0 Å². The fourth-order valence-corrected chi connectivity index (χ4v) is 4.19. The molecule has 0 heterocycles. The summed E-state index contributed by atoms with van der Waals surface area (Å²) in [4.78, 5) is 14.3. The van der Waals surface area contributed by atoms with Gasteiger partial charge in [0.05, 0.1) is 4.90 Å². The molecule has 2 aromatic carbocycles. The van der Waals surface area contributed by atoms with Gasteiger partial charge < -0.3 is 4.90 Å². The summed E-state index contributed by atoms with van der Waals surface area (Å²) in [5, 5.41) is 0. The summed E-state index contributed by atoms with van der Waals surface area (Å²) in [6.45, 7) is 5.78. The molecule has 2 rings (SSSR count). The standard InChI is InChI=1S/C19H22BrFN2O3S/c1-4-23(12-15-11-16(20)7-10-18(15)21)19(24)14-5-8-17(9-6-14)27(25,26)22-13(2)3/h5-11,13,22H,4,12H2,1-3H3. The number of carbonyl (C=O) groups is 1. The van der Waals surface area contributed by atoms with Crippen LogP contribution in [0.1, 0.15) is 36.7 Å². The van der Waals surface area contributed by atoms with Gasteiger partial charge in [-0.05, 0) is 63.2 Å². The molecule has 0 saturated carbocycles. The summed E-state index contributed by atoms with van der Waals surface area (Å²) in [7, 11) is -3.62. The van der Waals surface area contributed by atoms with Crippen molar-refractivity contribution in [2.75, 3.05) is 6.54 Å². The smallest absolute Gasteiger partial charge is 0.254 e. The first-order valence-electron chi connectivity index (χ1n) is 8.49. The molecule has 2 aromatic rings. The first-order chi connectivity index (χ1) is 12.6. The third-order valence-corrected chi connectivity index (χ3v) is 6.01. The average molecular weight is 457 g/mol. The molecule has 1 N–H and O–H groups in total. The molecule has 0 bridgehead atoms. The number of halogens is 2. The van der Waals surface area contributed by atoms with Crippen LogP contribution in [-0.4, -0.2) is 31.8 Å². The zero-order valence-corrected chi connectivity index (χ0v) is 17.8. The van der Waals surface area contributed by atoms with Crippen molar-refractivity contribution in [3.8, 4) is 0 Å². The number of amides is 1. The summed E-state index contributed by atoms with van der Waals surface area (Å²) < 4.78 is 41.6. The van der Waals surface area contributed by atoms with Crippen molar-refractivity contribution in [2.24, 2.45) is 0 Å². The zero-order chi connectivity index (χ0) is 20.2. The Morgan fingerprint density at radius 2 is 1.81 bits per heavy atom. The molecule has 1 amide bonds. The number of benzene rings is 2. The fourth-order valence-electron chi connectivity index (χ4n) is 2.53. The van der Waals surface area contributed by atoms with Gasteiger partial charge in [-0.2, -0.15) is 0 Å². The minimum atomic E-state index is -3.62. The van der Waals surface area contributed by atoms with Crippen LogP contribution in [0.3, 0.4) is 0 Å². The second-order valence-electron chi connectivity index (χ2n) is 6.36. The van der Waals surface area contributed by atoms with Crippen molar-refractivity contribution in [3.05, 3.63) is 63.9 Å². The third kappa shape index (κ3) is 5.60. The lowest BCUT2D eigenvalue weighted by atomic mass is 10.1. The van der Waals surface area contributed by atoms with E-state index in [0.717, 1.165) is 4.47 Å². The number of hydrogen-bond acceptors (Lipinski definition) is 3. The highest BCUT2D eigenvalue weighted by atomic mass is 79.9. The van der Waals surface area contributed by atoms with Crippen molar-refractivity contribution >= 4 is 31.9 Å². The lowest BCUT2D eigenvalue weighted by molar-refractivity contribution is 0.0751. The zero-order valence-electron chi connectivity index (χ0n) is 15.4. The molecule has 5 nitrogen and oxygen atoms in total. The molecule has 0 spiro atoms. The van der Waals surface area contributed by atoms with Gasteiger partial charge in [-0.3, -0.25) is 4.79 Å². The van der Waals surface area contributed by atoms with Gasteiger partial charge in [-0.25, -0.2) is 17.5 Å². The number of hydrogen-bond donors (Lipinski definition) is 1. The Balaban J connectivity index is 2.21. The molecule has 0 unspecified atom stereocenters. The van der Waals surface area contributed by atoms with Gasteiger partial charge in [0.1, 0.15) is 5.82 Å². The van der Waals surface area contributed by atoms with Crippen LogP contribution in [0, 0.1) is 5.82 Å². The maximum absolute atomic E-state index is 14.0. The van der Waals surface area contributed by atoms with Gasteiger partial charge in [0, 0.05) is 34.7 Å². The van der Waals surface area contributed by atoms with E-state index in [0.29, 0.717) is 17.7 Å². The monoisotopic (exact) mass is 456 g/mol. The molecule has 0 atom stereocenters. The molecule has 0 fully saturated rings. The average Bonchev–Trinajstić information content (AvgIpc) is 2.61. The maximum Gasteiger partial charge on any atom is 0.254 e. The molecule has 0 aliphatic heterocycles. The Bertz CT molecular complexity index is 915. The molecule has 27 heavy (non-hydrogen) atoms. The van der Waals surface area contributed by atoms with Crippen LogP contribution in [0.4, 0.5) is 4.39 Å². The molecular formula is C19H22BrFN2O3S. The van der Waals surface area contributed by atoms with E-state index in [1.165, 1.54) is 35.2 Å². The fraction of sp³-hybridized carbons (Fsp3) is 0.316. The number of sulfonamides is 1. The van der Waals surface area contributed by atoms with Crippen molar-refractivity contribution in [1.82, 2.24) is 9.62 Å². The maximum atomic E-state index is 14.0. The number of nitrogens with zero attached hydrogens (tertiary/aromatic N) is 1. The largest absolute Gasteiger partial charge is 0.334 e. The summed E-state index contributed by atoms with van der Waals surface area (Å²) in [6, 6.07) is 10.1. The molecule has 0 radical (unpaired) electrons. The lowest BCUT2D eigenvalue weighted by Gasteiger charge is -2.21. The predicted octanol–water partition coefficient (Wildman–Crippen LogP) is 3.94. The highest BCUT2D eigenvalue weighted by molar-refractivity contribution is 9.10. The molecule has 0 aliphatic rings. The topological polar surface area (TPSA) is 66.5 Å². The summed E-state index contributed by atoms with van der Waals surface area (Å²) >= 11 is 3.30. The van der Waals surface area contributed by atoms with Crippen LogP contribution in [-0.2, 0) is 16.6 Å². The number of rotatable bonds is 7. The Morgan fingerprint density at radius 1 is 1.19 bits per heavy atom. The number of nitrogens with one attached hydrogen (secondary N) is 1. The van der Waals surface area contributed by atoms with E-state index in [9.17, 15) is 17.6 Å². The van der Waals surface area contributed by atoms with Crippen LogP contribution in [0.5, 0.6) is 0 Å². The molecule has 0 aromatic heterocycles. The summed E-state index contributed by atoms with van der Waals surface area (Å²) in [5.41, 5.74) is 0.746. The third-order valence-electron chi connectivity index (χ3n) is 3.84. The van der Waals surface area contributed by atoms with Gasteiger partial charge in [0.15, 0.2) is 0 Å². The molecular weight excluding hydrogens is 435 g/mol. The van der Waals surface area contributed by atoms with E-state index in [-0.39, 0.29) is 29.2 Å². The van der Waals surface area contributed by atoms with Crippen molar-refractivity contribution < 1.29 is 17.6 Å². The van der Waals surface area contributed by atoms with Crippen molar-refractivity contribution in [1.29, 1.82) is 0 Å². The van der Waals surface area contributed by atoms with Gasteiger partial charge >= 0.3 is 0 Å². The van der Waals surface area contributed by atoms with Crippen LogP contribution < -0.4 is 4.72 Å². The van der Waals surface area contributed by atoms with Gasteiger partial charge in [0.2, 0.25) is 10.0 Å². The minimum absolute atomic E-state index is 0.0915. The molecule has 8 heteroatoms. The van der Waals surface area contributed by atoms with Crippen molar-refractivity contribution in [3.63, 3.8) is 0 Å². The first-order valence-corrected chi connectivity index (χ1v) is 10.8. The van der Waals surface area contributed by atoms with E-state index < -0.39 is 10.0 Å². The van der Waals surface area contributed by atoms with Gasteiger partial charge in [0.25, 0.3) is 5.91 Å². The van der Waals surface area contributed by atoms with E-state index in [1.807, 2.05) is 0 Å². The predicted molar refractivity (Wildman–Crippen MR) is 106 cm³/mol. The molecule has 146 valence electrons. The molecule has 0 aliphatic carbocycles. The normalized spacial score (nSPS) is 11.6. The van der Waals surface area contributed by atoms with Gasteiger partial charge in [-0.15, -0.1) is 0 Å². The Hall–Kier alpha value is -1.77. The first kappa shape index (κ1) is 21.5. The second kappa shape index (κ2) is 8.95. The van der Waals surface area contributed by atoms with Crippen molar-refractivity contribution in [2.45, 2.75) is 38.3 Å². The highest BCUT2D eigenvalue weighted by Crippen LogP contribution is 2.19. The molecule has 0 saturated heterocycles. The minimum Gasteiger partial charge on any atom is -0.334 e. The van der Waals surface area contributed by atoms with Crippen LogP contribution in [0.2, 0.25) is 0 Å². The Morgan fingerprint density at radius 3 is 2.37 bits per heavy atom. The summed E-state index contributed by atoms with van der Waals surface area (Å²) in [6.07, 6.45) is 0. The van der Waals surface area contributed by atoms with E-state index in [1.54, 1.807) is 32.9 Å². The number of carbonyl (C=O) groups excluding carboxylic acids is 1. The van der Waals surface area contributed by atoms with E-state index in [2.05, 4.69) is 20.7 Å². The lowest BCUT2D eigenvalue weighted by Crippen LogP contribution is -2.31. The van der Waals surface area contributed by atoms with Gasteiger partial charge in [-0.1, -0.05) is 15.9 Å². The quantitative estimate of drug-likeness (QED) is 0.685. The van der Waals surface area contributed by atoms with Crippen LogP contribution in [0.25, 0.3) is 0 Å². The van der Waals surface area contributed by atoms with Crippen LogP contribution in [0.15, 0.2) is 51.8 Å². The Labute approximate surface area is 167 Å². The van der Waals surface area contributed by atoms with E-state index >= 15 is 0 Å². The summed E-state index contributed by atoms with van der Waals surface area (Å²) in [5.74, 6) is -0.678. The van der Waals surface area contributed by atoms with Crippen LogP contribution >= 0.6 is 15.9 Å². The highest BCUT2D eigenvalue weighted by Gasteiger charge is 2.19. The Kier molecular flexibility index (Phi) is 7.13. The second-order valence-corrected chi connectivity index (χ2v) is 8.99. The SMILES string of the molecule is CCN(Cc1cc(Br)ccc1F)C(=O)c1ccc(S(=O)(=O)NC(C)C)cc1.